The quantitative estimate of drug-likeness (QED) is 0.764. The second-order valence-electron chi connectivity index (χ2n) is 7.61. The molecule has 1 heterocycles. The summed E-state index contributed by atoms with van der Waals surface area (Å²) in [6.45, 7) is 1.72. The van der Waals surface area contributed by atoms with Crippen LogP contribution in [-0.2, 0) is 4.79 Å². The lowest BCUT2D eigenvalue weighted by Crippen LogP contribution is -2.35. The number of hydrogen-bond donors (Lipinski definition) is 2. The van der Waals surface area contributed by atoms with E-state index in [1.165, 1.54) is 16.7 Å². The Labute approximate surface area is 172 Å². The van der Waals surface area contributed by atoms with Crippen molar-refractivity contribution in [3.63, 3.8) is 0 Å². The number of nitrogens with one attached hydrogen (secondary N) is 1. The minimum atomic E-state index is 0.0486. The number of allylic oxidation sites excluding steroid dienone is 2. The van der Waals surface area contributed by atoms with E-state index < -0.39 is 0 Å². The standard InChI is InChI=1S/C25H27N3O/c26-24-13-7-12-21-16-28(17-23(21)24)18-25(29)27-15-14-22(19-8-3-1-4-9-19)20-10-5-2-6-11-20/h1-11,13,16,22H,12,14-15,17-18,26H2,(H,27,29). The first kappa shape index (κ1) is 19.1. The van der Waals surface area contributed by atoms with Gasteiger partial charge in [-0.05, 0) is 41.2 Å². The summed E-state index contributed by atoms with van der Waals surface area (Å²) in [7, 11) is 0. The molecule has 0 fully saturated rings. The zero-order valence-corrected chi connectivity index (χ0v) is 16.6. The zero-order valence-electron chi connectivity index (χ0n) is 16.6. The van der Waals surface area contributed by atoms with Crippen LogP contribution in [-0.4, -0.2) is 30.4 Å². The van der Waals surface area contributed by atoms with Gasteiger partial charge in [0, 0.05) is 30.9 Å². The second kappa shape index (κ2) is 8.82. The van der Waals surface area contributed by atoms with E-state index >= 15 is 0 Å². The molecule has 2 aromatic carbocycles. The van der Waals surface area contributed by atoms with Gasteiger partial charge in [-0.15, -0.1) is 0 Å². The average molecular weight is 386 g/mol. The number of nitrogens with zero attached hydrogens (tertiary/aromatic N) is 1. The monoisotopic (exact) mass is 385 g/mol. The summed E-state index contributed by atoms with van der Waals surface area (Å²) >= 11 is 0. The largest absolute Gasteiger partial charge is 0.398 e. The van der Waals surface area contributed by atoms with Gasteiger partial charge in [-0.1, -0.05) is 66.7 Å². The van der Waals surface area contributed by atoms with E-state index in [1.807, 2.05) is 23.1 Å². The Morgan fingerprint density at radius 2 is 1.69 bits per heavy atom. The maximum absolute atomic E-state index is 12.5. The lowest BCUT2D eigenvalue weighted by molar-refractivity contribution is -0.121. The molecular formula is C25H27N3O. The minimum Gasteiger partial charge on any atom is -0.398 e. The Hall–Kier alpha value is -3.27. The van der Waals surface area contributed by atoms with E-state index in [0.717, 1.165) is 30.7 Å². The number of amides is 1. The van der Waals surface area contributed by atoms with Crippen LogP contribution < -0.4 is 11.1 Å². The van der Waals surface area contributed by atoms with Gasteiger partial charge in [-0.2, -0.15) is 0 Å². The molecule has 3 N–H and O–H groups in total. The highest BCUT2D eigenvalue weighted by molar-refractivity contribution is 5.78. The predicted molar refractivity (Wildman–Crippen MR) is 117 cm³/mol. The van der Waals surface area contributed by atoms with Gasteiger partial charge < -0.3 is 16.0 Å². The van der Waals surface area contributed by atoms with Crippen LogP contribution in [0.15, 0.2) is 95.9 Å². The van der Waals surface area contributed by atoms with Crippen molar-refractivity contribution >= 4 is 5.91 Å². The molecule has 0 atom stereocenters. The van der Waals surface area contributed by atoms with E-state index in [2.05, 4.69) is 66.1 Å². The van der Waals surface area contributed by atoms with Crippen molar-refractivity contribution in [2.45, 2.75) is 18.8 Å². The van der Waals surface area contributed by atoms with Crippen molar-refractivity contribution in [2.24, 2.45) is 5.73 Å². The van der Waals surface area contributed by atoms with Crippen molar-refractivity contribution in [2.75, 3.05) is 19.6 Å². The van der Waals surface area contributed by atoms with Gasteiger partial charge in [0.25, 0.3) is 0 Å². The van der Waals surface area contributed by atoms with Crippen molar-refractivity contribution in [1.82, 2.24) is 10.2 Å². The number of carbonyl (C=O) groups is 1. The lowest BCUT2D eigenvalue weighted by Gasteiger charge is -2.19. The molecular weight excluding hydrogens is 358 g/mol. The molecule has 2 aliphatic rings. The number of hydrogen-bond acceptors (Lipinski definition) is 3. The number of benzene rings is 2. The Morgan fingerprint density at radius 1 is 1.03 bits per heavy atom. The molecule has 1 aliphatic carbocycles. The zero-order chi connectivity index (χ0) is 20.1. The Bertz CT molecular complexity index is 905. The van der Waals surface area contributed by atoms with Crippen LogP contribution in [0.3, 0.4) is 0 Å². The molecule has 0 spiro atoms. The molecule has 0 saturated heterocycles. The predicted octanol–water partition coefficient (Wildman–Crippen LogP) is 3.70. The van der Waals surface area contributed by atoms with Gasteiger partial charge in [0.05, 0.1) is 6.54 Å². The SMILES string of the molecule is NC1=C2CN(CC(=O)NCCC(c3ccccc3)c3ccccc3)C=C2CC=C1. The summed E-state index contributed by atoms with van der Waals surface area (Å²) in [6, 6.07) is 21.0. The summed E-state index contributed by atoms with van der Waals surface area (Å²) in [6.07, 6.45) is 7.86. The molecule has 0 unspecified atom stereocenters. The number of carbonyl (C=O) groups excluding carboxylic acids is 1. The number of nitrogens with two attached hydrogens (primary N) is 1. The topological polar surface area (TPSA) is 58.4 Å². The minimum absolute atomic E-state index is 0.0486. The highest BCUT2D eigenvalue weighted by atomic mass is 16.2. The van der Waals surface area contributed by atoms with Crippen molar-refractivity contribution in [1.29, 1.82) is 0 Å². The molecule has 1 amide bonds. The van der Waals surface area contributed by atoms with E-state index in [1.54, 1.807) is 0 Å². The normalized spacial score (nSPS) is 15.5. The van der Waals surface area contributed by atoms with Gasteiger partial charge in [0.15, 0.2) is 0 Å². The number of fused-ring (bicyclic) bond motifs is 1. The third kappa shape index (κ3) is 4.60. The molecule has 0 aromatic heterocycles. The highest BCUT2D eigenvalue weighted by Gasteiger charge is 2.23. The van der Waals surface area contributed by atoms with Crippen molar-refractivity contribution < 1.29 is 4.79 Å². The maximum atomic E-state index is 12.5. The third-order valence-electron chi connectivity index (χ3n) is 5.58. The summed E-state index contributed by atoms with van der Waals surface area (Å²) in [5.74, 6) is 0.318. The fourth-order valence-electron chi connectivity index (χ4n) is 4.11. The van der Waals surface area contributed by atoms with Crippen LogP contribution in [0.4, 0.5) is 0 Å². The molecule has 0 radical (unpaired) electrons. The lowest BCUT2D eigenvalue weighted by atomic mass is 9.88. The highest BCUT2D eigenvalue weighted by Crippen LogP contribution is 2.29. The average Bonchev–Trinajstić information content (AvgIpc) is 3.16. The first-order valence-electron chi connectivity index (χ1n) is 10.2. The van der Waals surface area contributed by atoms with Crippen molar-refractivity contribution in [3.8, 4) is 0 Å². The van der Waals surface area contributed by atoms with Crippen LogP contribution in [0.2, 0.25) is 0 Å². The van der Waals surface area contributed by atoms with Gasteiger partial charge in [0.2, 0.25) is 5.91 Å². The summed E-state index contributed by atoms with van der Waals surface area (Å²) in [5, 5.41) is 3.10. The number of rotatable bonds is 7. The fourth-order valence-corrected chi connectivity index (χ4v) is 4.11. The molecule has 0 bridgehead atoms. The van der Waals surface area contributed by atoms with Crippen LogP contribution in [0, 0.1) is 0 Å². The van der Waals surface area contributed by atoms with Gasteiger partial charge in [-0.25, -0.2) is 0 Å². The van der Waals surface area contributed by atoms with Crippen LogP contribution in [0.1, 0.15) is 29.9 Å². The maximum Gasteiger partial charge on any atom is 0.239 e. The summed E-state index contributed by atoms with van der Waals surface area (Å²) < 4.78 is 0. The van der Waals surface area contributed by atoms with E-state index in [4.69, 9.17) is 5.73 Å². The third-order valence-corrected chi connectivity index (χ3v) is 5.58. The first-order valence-corrected chi connectivity index (χ1v) is 10.2. The van der Waals surface area contributed by atoms with Gasteiger partial charge in [-0.3, -0.25) is 4.79 Å². The van der Waals surface area contributed by atoms with E-state index in [9.17, 15) is 4.79 Å². The van der Waals surface area contributed by atoms with Crippen LogP contribution in [0.5, 0.6) is 0 Å². The van der Waals surface area contributed by atoms with Crippen LogP contribution in [0.25, 0.3) is 0 Å². The Balaban J connectivity index is 1.33. The molecule has 29 heavy (non-hydrogen) atoms. The summed E-state index contributed by atoms with van der Waals surface area (Å²) in [5.41, 5.74) is 11.8. The molecule has 148 valence electrons. The van der Waals surface area contributed by atoms with E-state index in [0.29, 0.717) is 13.1 Å². The second-order valence-corrected chi connectivity index (χ2v) is 7.61. The molecule has 4 rings (SSSR count). The molecule has 1 aliphatic heterocycles. The molecule has 4 heteroatoms. The van der Waals surface area contributed by atoms with E-state index in [-0.39, 0.29) is 11.8 Å². The smallest absolute Gasteiger partial charge is 0.239 e. The molecule has 4 nitrogen and oxygen atoms in total. The van der Waals surface area contributed by atoms with Gasteiger partial charge in [0.1, 0.15) is 0 Å². The molecule has 0 saturated carbocycles. The Kier molecular flexibility index (Phi) is 5.80. The van der Waals surface area contributed by atoms with Crippen LogP contribution >= 0.6 is 0 Å². The summed E-state index contributed by atoms with van der Waals surface area (Å²) in [4.78, 5) is 14.5. The fraction of sp³-hybridized carbons (Fsp3) is 0.240. The first-order chi connectivity index (χ1) is 14.2. The van der Waals surface area contributed by atoms with Crippen molar-refractivity contribution in [3.05, 3.63) is 107 Å². The molecule has 2 aromatic rings. The van der Waals surface area contributed by atoms with Gasteiger partial charge >= 0.3 is 0 Å². The Morgan fingerprint density at radius 3 is 2.31 bits per heavy atom.